The number of ether oxygens (including phenoxy) is 1. The summed E-state index contributed by atoms with van der Waals surface area (Å²) < 4.78 is 5.06. The second-order valence-corrected chi connectivity index (χ2v) is 1.76. The third-order valence-electron chi connectivity index (χ3n) is 0.834. The quantitative estimate of drug-likeness (QED) is 0.432. The number of carbonyl (C=O) groups excluding carboxylic acids is 1. The SMILES string of the molecule is CCCOC(C)N[C]=O. The van der Waals surface area contributed by atoms with E-state index in [0.29, 0.717) is 6.61 Å². The zero-order valence-electron chi connectivity index (χ0n) is 5.81. The topological polar surface area (TPSA) is 38.3 Å². The first-order valence-electron chi connectivity index (χ1n) is 3.05. The lowest BCUT2D eigenvalue weighted by Crippen LogP contribution is -2.27. The number of hydrogen-bond acceptors (Lipinski definition) is 2. The molecule has 0 aromatic rings. The van der Waals surface area contributed by atoms with E-state index >= 15 is 0 Å². The smallest absolute Gasteiger partial charge is 0.311 e. The van der Waals surface area contributed by atoms with E-state index in [1.807, 2.05) is 6.92 Å². The van der Waals surface area contributed by atoms with Crippen LogP contribution < -0.4 is 5.32 Å². The molecule has 0 aliphatic carbocycles. The molecule has 0 aromatic carbocycles. The van der Waals surface area contributed by atoms with Crippen LogP contribution in [-0.4, -0.2) is 19.2 Å². The minimum atomic E-state index is -0.206. The van der Waals surface area contributed by atoms with Crippen molar-refractivity contribution in [2.24, 2.45) is 0 Å². The Balaban J connectivity index is 3.04. The molecular formula is C6H12NO2. The van der Waals surface area contributed by atoms with Crippen LogP contribution in [0.15, 0.2) is 0 Å². The van der Waals surface area contributed by atoms with E-state index in [1.54, 1.807) is 13.3 Å². The molecule has 1 atom stereocenters. The van der Waals surface area contributed by atoms with Crippen LogP contribution in [0.1, 0.15) is 20.3 Å². The van der Waals surface area contributed by atoms with Crippen LogP contribution in [0.3, 0.4) is 0 Å². The van der Waals surface area contributed by atoms with E-state index in [9.17, 15) is 4.79 Å². The highest BCUT2D eigenvalue weighted by Crippen LogP contribution is 1.85. The van der Waals surface area contributed by atoms with Crippen molar-refractivity contribution in [3.63, 3.8) is 0 Å². The van der Waals surface area contributed by atoms with Gasteiger partial charge in [-0.25, -0.2) is 0 Å². The maximum absolute atomic E-state index is 9.66. The summed E-state index contributed by atoms with van der Waals surface area (Å²) in [4.78, 5) is 9.66. The zero-order valence-corrected chi connectivity index (χ0v) is 5.81. The van der Waals surface area contributed by atoms with Crippen molar-refractivity contribution in [1.29, 1.82) is 0 Å². The Labute approximate surface area is 55.4 Å². The Bertz CT molecular complexity index is 75.5. The fraction of sp³-hybridized carbons (Fsp3) is 0.833. The Kier molecular flexibility index (Phi) is 5.21. The Hall–Kier alpha value is -0.570. The highest BCUT2D eigenvalue weighted by atomic mass is 16.5. The molecule has 0 fully saturated rings. The number of nitrogens with one attached hydrogen (secondary N) is 1. The molecule has 0 aliphatic heterocycles. The molecule has 0 saturated carbocycles. The fourth-order valence-corrected chi connectivity index (χ4v) is 0.419. The summed E-state index contributed by atoms with van der Waals surface area (Å²) in [6.07, 6.45) is 2.31. The molecule has 1 N–H and O–H groups in total. The Morgan fingerprint density at radius 1 is 1.78 bits per heavy atom. The first kappa shape index (κ1) is 8.43. The minimum absolute atomic E-state index is 0.206. The molecule has 0 saturated heterocycles. The van der Waals surface area contributed by atoms with Gasteiger partial charge in [0.15, 0.2) is 0 Å². The van der Waals surface area contributed by atoms with Crippen LogP contribution in [0, 0.1) is 0 Å². The average molecular weight is 130 g/mol. The van der Waals surface area contributed by atoms with Gasteiger partial charge in [-0.15, -0.1) is 0 Å². The second-order valence-electron chi connectivity index (χ2n) is 1.76. The molecule has 0 spiro atoms. The third-order valence-corrected chi connectivity index (χ3v) is 0.834. The van der Waals surface area contributed by atoms with E-state index in [0.717, 1.165) is 6.42 Å². The molecule has 3 nitrogen and oxygen atoms in total. The maximum atomic E-state index is 9.66. The standard InChI is InChI=1S/C6H12NO2/c1-3-4-9-6(2)7-5-8/h6H,3-4H2,1-2H3,(H,7,8). The van der Waals surface area contributed by atoms with Crippen molar-refractivity contribution < 1.29 is 9.53 Å². The number of rotatable bonds is 5. The van der Waals surface area contributed by atoms with Crippen LogP contribution in [-0.2, 0) is 9.53 Å². The molecule has 53 valence electrons. The predicted octanol–water partition coefficient (Wildman–Crippen LogP) is 0.416. The molecular weight excluding hydrogens is 118 g/mol. The number of hydrogen-bond donors (Lipinski definition) is 1. The van der Waals surface area contributed by atoms with Gasteiger partial charge in [-0.05, 0) is 13.3 Å². The molecule has 0 aliphatic rings. The van der Waals surface area contributed by atoms with E-state index < -0.39 is 0 Å². The molecule has 1 unspecified atom stereocenters. The van der Waals surface area contributed by atoms with Crippen LogP contribution in [0.5, 0.6) is 0 Å². The van der Waals surface area contributed by atoms with Gasteiger partial charge in [0, 0.05) is 6.61 Å². The molecule has 0 rings (SSSR count). The van der Waals surface area contributed by atoms with Crippen LogP contribution in [0.25, 0.3) is 0 Å². The van der Waals surface area contributed by atoms with Crippen molar-refractivity contribution in [3.05, 3.63) is 0 Å². The Morgan fingerprint density at radius 3 is 2.89 bits per heavy atom. The summed E-state index contributed by atoms with van der Waals surface area (Å²) in [5.74, 6) is 0. The molecule has 3 heteroatoms. The van der Waals surface area contributed by atoms with Gasteiger partial charge >= 0.3 is 6.41 Å². The molecule has 0 bridgehead atoms. The summed E-state index contributed by atoms with van der Waals surface area (Å²) in [6.45, 7) is 4.45. The lowest BCUT2D eigenvalue weighted by atomic mass is 10.5. The van der Waals surface area contributed by atoms with Crippen molar-refractivity contribution in [2.75, 3.05) is 6.61 Å². The van der Waals surface area contributed by atoms with Crippen LogP contribution in [0.4, 0.5) is 0 Å². The molecule has 1 radical (unpaired) electrons. The monoisotopic (exact) mass is 130 g/mol. The first-order valence-corrected chi connectivity index (χ1v) is 3.05. The van der Waals surface area contributed by atoms with Crippen molar-refractivity contribution in [3.8, 4) is 0 Å². The lowest BCUT2D eigenvalue weighted by molar-refractivity contribution is 0.0563. The van der Waals surface area contributed by atoms with Gasteiger partial charge in [0.1, 0.15) is 6.23 Å². The zero-order chi connectivity index (χ0) is 7.11. The van der Waals surface area contributed by atoms with E-state index in [2.05, 4.69) is 5.32 Å². The second kappa shape index (κ2) is 5.56. The van der Waals surface area contributed by atoms with Gasteiger partial charge in [-0.1, -0.05) is 6.92 Å². The molecule has 9 heavy (non-hydrogen) atoms. The van der Waals surface area contributed by atoms with Gasteiger partial charge in [0.25, 0.3) is 0 Å². The maximum Gasteiger partial charge on any atom is 0.311 e. The third kappa shape index (κ3) is 5.30. The first-order chi connectivity index (χ1) is 4.31. The van der Waals surface area contributed by atoms with Crippen LogP contribution >= 0.6 is 0 Å². The van der Waals surface area contributed by atoms with Gasteiger partial charge in [-0.3, -0.25) is 4.79 Å². The van der Waals surface area contributed by atoms with Gasteiger partial charge < -0.3 is 10.1 Å². The molecule has 1 amide bonds. The van der Waals surface area contributed by atoms with Gasteiger partial charge in [0.2, 0.25) is 0 Å². The van der Waals surface area contributed by atoms with Crippen molar-refractivity contribution >= 4 is 6.41 Å². The summed E-state index contributed by atoms with van der Waals surface area (Å²) in [5.41, 5.74) is 0. The average Bonchev–Trinajstić information content (AvgIpc) is 1.85. The highest BCUT2D eigenvalue weighted by molar-refractivity contribution is 5.47. The molecule has 0 aromatic heterocycles. The van der Waals surface area contributed by atoms with Gasteiger partial charge in [-0.2, -0.15) is 0 Å². The van der Waals surface area contributed by atoms with E-state index in [4.69, 9.17) is 4.74 Å². The molecule has 0 heterocycles. The van der Waals surface area contributed by atoms with Gasteiger partial charge in [0.05, 0.1) is 0 Å². The summed E-state index contributed by atoms with van der Waals surface area (Å²) in [5, 5.41) is 2.35. The lowest BCUT2D eigenvalue weighted by Gasteiger charge is -2.08. The van der Waals surface area contributed by atoms with Crippen molar-refractivity contribution in [1.82, 2.24) is 5.32 Å². The van der Waals surface area contributed by atoms with Crippen LogP contribution in [0.2, 0.25) is 0 Å². The summed E-state index contributed by atoms with van der Waals surface area (Å²) in [6, 6.07) is 0. The predicted molar refractivity (Wildman–Crippen MR) is 34.5 cm³/mol. The Morgan fingerprint density at radius 2 is 2.44 bits per heavy atom. The van der Waals surface area contributed by atoms with E-state index in [-0.39, 0.29) is 6.23 Å². The minimum Gasteiger partial charge on any atom is -0.359 e. The normalized spacial score (nSPS) is 12.7. The fourth-order valence-electron chi connectivity index (χ4n) is 0.419. The summed E-state index contributed by atoms with van der Waals surface area (Å²) in [7, 11) is 0. The highest BCUT2D eigenvalue weighted by Gasteiger charge is 1.95. The largest absolute Gasteiger partial charge is 0.359 e. The van der Waals surface area contributed by atoms with E-state index in [1.165, 1.54) is 0 Å². The summed E-state index contributed by atoms with van der Waals surface area (Å²) >= 11 is 0. The van der Waals surface area contributed by atoms with Crippen molar-refractivity contribution in [2.45, 2.75) is 26.5 Å². The number of amides is 1.